The molecular formula is C30H38O9. The van der Waals surface area contributed by atoms with Gasteiger partial charge in [-0.25, -0.2) is 4.79 Å². The number of aliphatic hydroxyl groups excluding tert-OH is 1. The van der Waals surface area contributed by atoms with Crippen molar-refractivity contribution in [2.75, 3.05) is 6.61 Å². The smallest absolute Gasteiger partial charge is 0.339 e. The van der Waals surface area contributed by atoms with Gasteiger partial charge in [0.15, 0.2) is 11.9 Å². The third-order valence-electron chi connectivity index (χ3n) is 11.8. The molecule has 1 N–H and O–H groups in total. The number of furan rings is 1. The van der Waals surface area contributed by atoms with E-state index in [-0.39, 0.29) is 30.7 Å². The van der Waals surface area contributed by atoms with Gasteiger partial charge in [0.1, 0.15) is 24.4 Å². The van der Waals surface area contributed by atoms with Crippen LogP contribution in [-0.4, -0.2) is 58.9 Å². The number of ether oxygens (including phenoxy) is 4. The summed E-state index contributed by atoms with van der Waals surface area (Å²) < 4.78 is 30.2. The van der Waals surface area contributed by atoms with Crippen molar-refractivity contribution in [3.8, 4) is 0 Å². The number of Topliss-reactive ketones (excluding diaryl/α,β-unsaturated/α-hetero) is 1. The van der Waals surface area contributed by atoms with Crippen LogP contribution in [0.2, 0.25) is 0 Å². The molecule has 0 unspecified atom stereocenters. The van der Waals surface area contributed by atoms with Crippen molar-refractivity contribution in [3.63, 3.8) is 0 Å². The van der Waals surface area contributed by atoms with E-state index in [1.165, 1.54) is 0 Å². The molecule has 0 amide bonds. The summed E-state index contributed by atoms with van der Waals surface area (Å²) in [6, 6.07) is 1.78. The molecule has 2 aliphatic carbocycles. The van der Waals surface area contributed by atoms with E-state index >= 15 is 0 Å². The number of hydrogen-bond donors (Lipinski definition) is 1. The Morgan fingerprint density at radius 2 is 1.87 bits per heavy atom. The second-order valence-electron chi connectivity index (χ2n) is 14.0. The molecule has 0 radical (unpaired) electrons. The molecule has 4 saturated heterocycles. The van der Waals surface area contributed by atoms with E-state index in [0.717, 1.165) is 12.0 Å². The van der Waals surface area contributed by atoms with Crippen molar-refractivity contribution >= 4 is 17.7 Å². The van der Waals surface area contributed by atoms with E-state index in [1.54, 1.807) is 18.6 Å². The van der Waals surface area contributed by atoms with E-state index in [1.807, 2.05) is 20.8 Å². The van der Waals surface area contributed by atoms with Gasteiger partial charge in [0.25, 0.3) is 0 Å². The van der Waals surface area contributed by atoms with Crippen LogP contribution in [0.25, 0.3) is 0 Å². The Hall–Kier alpha value is -2.23. The van der Waals surface area contributed by atoms with E-state index in [0.29, 0.717) is 25.2 Å². The highest BCUT2D eigenvalue weighted by Crippen LogP contribution is 2.80. The summed E-state index contributed by atoms with van der Waals surface area (Å²) in [6.07, 6.45) is 2.52. The van der Waals surface area contributed by atoms with Gasteiger partial charge < -0.3 is 28.5 Å². The third kappa shape index (κ3) is 2.80. The lowest BCUT2D eigenvalue weighted by atomic mass is 9.36. The zero-order chi connectivity index (χ0) is 27.8. The zero-order valence-corrected chi connectivity index (χ0v) is 23.2. The molecule has 0 aromatic carbocycles. The van der Waals surface area contributed by atoms with E-state index in [4.69, 9.17) is 23.4 Å². The molecule has 2 spiro atoms. The van der Waals surface area contributed by atoms with Crippen molar-refractivity contribution in [1.82, 2.24) is 0 Å². The standard InChI is InChI=1S/C30H38O9/c1-15(2)6-10-27(4)21-20(32)22(33)28(5)17(29(21)14-36-19(31)12-18(29)38-27)7-9-26(3)23(16-8-11-35-13-16)37-25(34)24-30(26,28)39-24/h8,11,13,15,17-18,21-24,33H,6-7,9-10,12,14H2,1-5H3/t17-,18-,21+,22+,23-,24+,26-,27-,28-,29-,30+/m0/s1. The first kappa shape index (κ1) is 25.7. The summed E-state index contributed by atoms with van der Waals surface area (Å²) in [4.78, 5) is 40.4. The lowest BCUT2D eigenvalue weighted by Gasteiger charge is -2.66. The average Bonchev–Trinajstić information content (AvgIpc) is 3.34. The number of cyclic esters (lactones) is 2. The van der Waals surface area contributed by atoms with Gasteiger partial charge in [-0.05, 0) is 50.5 Å². The second-order valence-corrected chi connectivity index (χ2v) is 14.0. The first-order chi connectivity index (χ1) is 18.4. The molecule has 212 valence electrons. The molecule has 6 aliphatic rings. The highest BCUT2D eigenvalue weighted by Gasteiger charge is 2.90. The van der Waals surface area contributed by atoms with Crippen LogP contribution in [0.15, 0.2) is 23.0 Å². The molecule has 11 atom stereocenters. The van der Waals surface area contributed by atoms with Crippen LogP contribution >= 0.6 is 0 Å². The SMILES string of the molecule is CC(C)CC[C@]1(C)O[C@H]2CC(=O)OC[C@]23[C@H]2CC[C@@]4(C)[C@H](c5ccoc5)OC(=O)[C@H]5O[C@]54[C@]2(C)[C@H](O)C(=O)[C@@H]31. The van der Waals surface area contributed by atoms with E-state index < -0.39 is 63.8 Å². The van der Waals surface area contributed by atoms with Crippen LogP contribution in [0.4, 0.5) is 0 Å². The van der Waals surface area contributed by atoms with Crippen LogP contribution in [0.1, 0.15) is 78.4 Å². The predicted octanol–water partition coefficient (Wildman–Crippen LogP) is 3.52. The lowest BCUT2D eigenvalue weighted by molar-refractivity contribution is -0.252. The Bertz CT molecular complexity index is 1240. The number of carbonyl (C=O) groups excluding carboxylic acids is 3. The van der Waals surface area contributed by atoms with Crippen LogP contribution < -0.4 is 0 Å². The maximum atomic E-state index is 14.5. The van der Waals surface area contributed by atoms with Crippen LogP contribution in [-0.2, 0) is 33.3 Å². The molecule has 7 rings (SSSR count). The molecule has 9 heteroatoms. The summed E-state index contributed by atoms with van der Waals surface area (Å²) in [5, 5.41) is 12.1. The Kier molecular flexibility index (Phi) is 5.10. The fourth-order valence-corrected chi connectivity index (χ4v) is 10.1. The number of esters is 2. The minimum absolute atomic E-state index is 0.0597. The predicted molar refractivity (Wildman–Crippen MR) is 134 cm³/mol. The number of carbonyl (C=O) groups is 3. The minimum Gasteiger partial charge on any atom is -0.472 e. The van der Waals surface area contributed by atoms with Gasteiger partial charge >= 0.3 is 11.9 Å². The Balaban J connectivity index is 1.39. The van der Waals surface area contributed by atoms with Crippen molar-refractivity contribution in [2.24, 2.45) is 34.0 Å². The van der Waals surface area contributed by atoms with Gasteiger partial charge in [0.2, 0.25) is 0 Å². The quantitative estimate of drug-likeness (QED) is 0.449. The molecule has 0 bridgehead atoms. The fraction of sp³-hybridized carbons (Fsp3) is 0.767. The second kappa shape index (κ2) is 7.74. The Labute approximate surface area is 227 Å². The number of aliphatic hydroxyl groups is 1. The van der Waals surface area contributed by atoms with E-state index in [9.17, 15) is 19.5 Å². The first-order valence-corrected chi connectivity index (χ1v) is 14.3. The molecule has 5 heterocycles. The van der Waals surface area contributed by atoms with Gasteiger partial charge in [-0.3, -0.25) is 9.59 Å². The summed E-state index contributed by atoms with van der Waals surface area (Å²) in [7, 11) is 0. The van der Waals surface area contributed by atoms with Crippen LogP contribution in [0.3, 0.4) is 0 Å². The number of hydrogen-bond acceptors (Lipinski definition) is 9. The van der Waals surface area contributed by atoms with Crippen LogP contribution in [0, 0.1) is 34.0 Å². The number of fused-ring (bicyclic) bond motifs is 1. The number of epoxide rings is 1. The maximum absolute atomic E-state index is 14.5. The Morgan fingerprint density at radius 3 is 2.56 bits per heavy atom. The van der Waals surface area contributed by atoms with Crippen LogP contribution in [0.5, 0.6) is 0 Å². The maximum Gasteiger partial charge on any atom is 0.339 e. The number of ketones is 1. The van der Waals surface area contributed by atoms with Crippen molar-refractivity contribution in [3.05, 3.63) is 24.2 Å². The molecule has 39 heavy (non-hydrogen) atoms. The van der Waals surface area contributed by atoms with E-state index in [2.05, 4.69) is 13.8 Å². The van der Waals surface area contributed by atoms with Crippen molar-refractivity contribution in [1.29, 1.82) is 0 Å². The summed E-state index contributed by atoms with van der Waals surface area (Å²) >= 11 is 0. The topological polar surface area (TPSA) is 125 Å². The van der Waals surface area contributed by atoms with Gasteiger partial charge in [-0.1, -0.05) is 27.7 Å². The normalized spacial score (nSPS) is 51.7. The zero-order valence-electron chi connectivity index (χ0n) is 23.2. The van der Waals surface area contributed by atoms with Crippen molar-refractivity contribution in [2.45, 2.75) is 102 Å². The fourth-order valence-electron chi connectivity index (χ4n) is 10.1. The average molecular weight is 543 g/mol. The molecular weight excluding hydrogens is 504 g/mol. The molecule has 2 saturated carbocycles. The van der Waals surface area contributed by atoms with Gasteiger partial charge in [-0.2, -0.15) is 0 Å². The number of rotatable bonds is 4. The lowest BCUT2D eigenvalue weighted by Crippen LogP contribution is -2.76. The molecule has 9 nitrogen and oxygen atoms in total. The van der Waals surface area contributed by atoms with Crippen molar-refractivity contribution < 1.29 is 42.9 Å². The first-order valence-electron chi connectivity index (χ1n) is 14.3. The van der Waals surface area contributed by atoms with Gasteiger partial charge in [0, 0.05) is 21.8 Å². The Morgan fingerprint density at radius 1 is 1.10 bits per heavy atom. The summed E-state index contributed by atoms with van der Waals surface area (Å²) in [5.41, 5.74) is -3.90. The molecule has 6 fully saturated rings. The highest BCUT2D eigenvalue weighted by atomic mass is 16.7. The molecule has 1 aromatic rings. The summed E-state index contributed by atoms with van der Waals surface area (Å²) in [6.45, 7) is 10.2. The minimum atomic E-state index is -1.38. The summed E-state index contributed by atoms with van der Waals surface area (Å²) in [5.74, 6) is -1.64. The molecule has 4 aliphatic heterocycles. The monoisotopic (exact) mass is 542 g/mol. The van der Waals surface area contributed by atoms with Gasteiger partial charge in [-0.15, -0.1) is 0 Å². The van der Waals surface area contributed by atoms with Gasteiger partial charge in [0.05, 0.1) is 36.6 Å². The molecule has 1 aromatic heterocycles. The third-order valence-corrected chi connectivity index (χ3v) is 11.8. The highest BCUT2D eigenvalue weighted by molar-refractivity contribution is 5.92. The largest absolute Gasteiger partial charge is 0.472 e.